The maximum absolute atomic E-state index is 7.61. The summed E-state index contributed by atoms with van der Waals surface area (Å²) >= 11 is 1.36. The summed E-state index contributed by atoms with van der Waals surface area (Å²) in [6.07, 6.45) is 1.82. The van der Waals surface area contributed by atoms with E-state index < -0.39 is 0 Å². The van der Waals surface area contributed by atoms with Gasteiger partial charge in [-0.05, 0) is 6.26 Å². The first-order chi connectivity index (χ1) is 2.41. The van der Waals surface area contributed by atoms with Gasteiger partial charge in [0.15, 0.2) is 0 Å². The Labute approximate surface area is 34.9 Å². The quantitative estimate of drug-likeness (QED) is 0.224. The van der Waals surface area contributed by atoms with Gasteiger partial charge in [-0.15, -0.1) is 11.8 Å². The van der Waals surface area contributed by atoms with Crippen LogP contribution in [0.5, 0.6) is 0 Å². The molecule has 0 aliphatic heterocycles. The molecule has 5 heavy (non-hydrogen) atoms. The largest absolute Gasteiger partial charge is 0.410 e. The van der Waals surface area contributed by atoms with Gasteiger partial charge >= 0.3 is 0 Å². The first-order valence-electron chi connectivity index (χ1n) is 1.10. The molecule has 0 aliphatic rings. The second-order valence-corrected chi connectivity index (χ2v) is 1.14. The van der Waals surface area contributed by atoms with E-state index in [1.54, 1.807) is 0 Å². The highest BCUT2D eigenvalue weighted by atomic mass is 32.2. The highest BCUT2D eigenvalue weighted by Crippen LogP contribution is 1.78. The molecular weight excluding hydrogens is 86.1 g/mol. The Kier molecular flexibility index (Phi) is 3.68. The van der Waals surface area contributed by atoms with Gasteiger partial charge < -0.3 is 5.21 Å². The van der Waals surface area contributed by atoms with Crippen LogP contribution in [-0.4, -0.2) is 17.0 Å². The number of nitrogens with zero attached hydrogens (tertiary/aromatic N) is 1. The van der Waals surface area contributed by atoms with Crippen LogP contribution in [0.1, 0.15) is 0 Å². The van der Waals surface area contributed by atoms with Crippen molar-refractivity contribution in [2.75, 3.05) is 6.26 Å². The lowest BCUT2D eigenvalue weighted by Crippen LogP contribution is -1.53. The first kappa shape index (κ1) is 4.82. The van der Waals surface area contributed by atoms with Crippen LogP contribution in [0.15, 0.2) is 5.16 Å². The van der Waals surface area contributed by atoms with Crippen molar-refractivity contribution in [3.05, 3.63) is 0 Å². The van der Waals surface area contributed by atoms with E-state index in [0.717, 1.165) is 0 Å². The van der Waals surface area contributed by atoms with Crippen LogP contribution in [0, 0.1) is 0 Å². The summed E-state index contributed by atoms with van der Waals surface area (Å²) in [5, 5.41) is 10.3. The molecule has 0 spiro atoms. The van der Waals surface area contributed by atoms with Crippen LogP contribution in [0.4, 0.5) is 0 Å². The van der Waals surface area contributed by atoms with E-state index in [1.807, 2.05) is 6.26 Å². The van der Waals surface area contributed by atoms with Crippen molar-refractivity contribution >= 4 is 17.3 Å². The number of hydrogen-bond acceptors (Lipinski definition) is 3. The van der Waals surface area contributed by atoms with Crippen molar-refractivity contribution in [3.8, 4) is 0 Å². The van der Waals surface area contributed by atoms with E-state index in [-0.39, 0.29) is 0 Å². The molecule has 0 saturated heterocycles. The summed E-state index contributed by atoms with van der Waals surface area (Å²) < 4.78 is 0. The van der Waals surface area contributed by atoms with Gasteiger partial charge in [-0.3, -0.25) is 0 Å². The van der Waals surface area contributed by atoms with Crippen LogP contribution in [0.3, 0.4) is 0 Å². The second kappa shape index (κ2) is 3.82. The third-order valence-corrected chi connectivity index (χ3v) is 0.458. The van der Waals surface area contributed by atoms with E-state index >= 15 is 0 Å². The minimum atomic E-state index is 1.35. The van der Waals surface area contributed by atoms with Crippen molar-refractivity contribution in [1.82, 2.24) is 0 Å². The van der Waals surface area contributed by atoms with Gasteiger partial charge in [0.2, 0.25) is 0 Å². The normalized spacial score (nSPS) is 9.80. The van der Waals surface area contributed by atoms with Gasteiger partial charge in [-0.2, -0.15) is 0 Å². The molecule has 0 aliphatic carbocycles. The molecule has 0 radical (unpaired) electrons. The summed E-state index contributed by atoms with van der Waals surface area (Å²) in [6, 6.07) is 0. The summed E-state index contributed by atoms with van der Waals surface area (Å²) in [5.74, 6) is 0. The van der Waals surface area contributed by atoms with Gasteiger partial charge in [0.05, 0.1) is 5.55 Å². The molecule has 0 bridgehead atoms. The number of hydrogen-bond donors (Lipinski definition) is 1. The van der Waals surface area contributed by atoms with Crippen LogP contribution < -0.4 is 0 Å². The zero-order valence-corrected chi connectivity index (χ0v) is 3.70. The van der Waals surface area contributed by atoms with E-state index in [4.69, 9.17) is 5.21 Å². The van der Waals surface area contributed by atoms with Crippen molar-refractivity contribution in [2.24, 2.45) is 5.16 Å². The topological polar surface area (TPSA) is 32.6 Å². The first-order valence-corrected chi connectivity index (χ1v) is 2.39. The summed E-state index contributed by atoms with van der Waals surface area (Å²) in [5.41, 5.74) is 1.35. The molecule has 0 rings (SSSR count). The van der Waals surface area contributed by atoms with Gasteiger partial charge in [0.1, 0.15) is 0 Å². The zero-order valence-electron chi connectivity index (χ0n) is 2.88. The standard InChI is InChI=1S/C2H5NOS/c1-5-2-3-4/h2,4H,1H3. The molecule has 30 valence electrons. The predicted molar refractivity (Wildman–Crippen MR) is 23.8 cm³/mol. The van der Waals surface area contributed by atoms with Crippen molar-refractivity contribution < 1.29 is 5.21 Å². The van der Waals surface area contributed by atoms with E-state index in [0.29, 0.717) is 0 Å². The number of rotatable bonds is 1. The highest BCUT2D eigenvalue weighted by Gasteiger charge is 1.54. The molecule has 0 aromatic heterocycles. The molecular formula is C2H5NOS. The van der Waals surface area contributed by atoms with Crippen molar-refractivity contribution in [1.29, 1.82) is 0 Å². The molecule has 0 heterocycles. The summed E-state index contributed by atoms with van der Waals surface area (Å²) in [7, 11) is 0. The van der Waals surface area contributed by atoms with Crippen LogP contribution in [0.25, 0.3) is 0 Å². The van der Waals surface area contributed by atoms with Gasteiger partial charge in [0, 0.05) is 0 Å². The molecule has 0 unspecified atom stereocenters. The molecule has 0 saturated carbocycles. The van der Waals surface area contributed by atoms with Crippen LogP contribution in [-0.2, 0) is 0 Å². The number of thioether (sulfide) groups is 1. The van der Waals surface area contributed by atoms with Gasteiger partial charge in [0.25, 0.3) is 0 Å². The lowest BCUT2D eigenvalue weighted by Gasteiger charge is -1.65. The Morgan fingerprint density at radius 3 is 2.60 bits per heavy atom. The molecule has 0 amide bonds. The number of oxime groups is 1. The SMILES string of the molecule is CSC=NO. The lowest BCUT2D eigenvalue weighted by atomic mass is 11.7. The summed E-state index contributed by atoms with van der Waals surface area (Å²) in [4.78, 5) is 0. The molecule has 2 nitrogen and oxygen atoms in total. The molecule has 0 aromatic carbocycles. The molecule has 1 N–H and O–H groups in total. The fourth-order valence-corrected chi connectivity index (χ4v) is 0.141. The predicted octanol–water partition coefficient (Wildman–Crippen LogP) is 0.767. The third kappa shape index (κ3) is 3.82. The third-order valence-electron chi connectivity index (χ3n) is 0.153. The van der Waals surface area contributed by atoms with Crippen molar-refractivity contribution in [3.63, 3.8) is 0 Å². The van der Waals surface area contributed by atoms with Gasteiger partial charge in [-0.25, -0.2) is 0 Å². The highest BCUT2D eigenvalue weighted by molar-refractivity contribution is 8.11. The summed E-state index contributed by atoms with van der Waals surface area (Å²) in [6.45, 7) is 0. The average Bonchev–Trinajstić information content (AvgIpc) is 1.41. The Hall–Kier alpha value is -0.180. The fourth-order valence-electron chi connectivity index (χ4n) is 0.0471. The van der Waals surface area contributed by atoms with E-state index in [1.165, 1.54) is 17.3 Å². The fraction of sp³-hybridized carbons (Fsp3) is 0.500. The minimum absolute atomic E-state index is 1.35. The Morgan fingerprint density at radius 1 is 2.00 bits per heavy atom. The molecule has 0 atom stereocenters. The monoisotopic (exact) mass is 91.0 g/mol. The average molecular weight is 91.1 g/mol. The Bertz CT molecular complexity index is 36.6. The van der Waals surface area contributed by atoms with E-state index in [9.17, 15) is 0 Å². The minimum Gasteiger partial charge on any atom is -0.410 e. The molecule has 0 fully saturated rings. The Morgan fingerprint density at radius 2 is 2.60 bits per heavy atom. The second-order valence-electron chi connectivity index (χ2n) is 0.457. The maximum Gasteiger partial charge on any atom is 0.0988 e. The van der Waals surface area contributed by atoms with Gasteiger partial charge in [-0.1, -0.05) is 5.16 Å². The zero-order chi connectivity index (χ0) is 4.12. The van der Waals surface area contributed by atoms with Crippen LogP contribution in [0.2, 0.25) is 0 Å². The maximum atomic E-state index is 7.61. The lowest BCUT2D eigenvalue weighted by molar-refractivity contribution is 0.323. The Balaban J connectivity index is 2.62. The molecule has 3 heteroatoms. The van der Waals surface area contributed by atoms with Crippen LogP contribution >= 0.6 is 11.8 Å². The smallest absolute Gasteiger partial charge is 0.0988 e. The molecule has 0 aromatic rings. The van der Waals surface area contributed by atoms with E-state index in [2.05, 4.69) is 5.16 Å². The van der Waals surface area contributed by atoms with Crippen molar-refractivity contribution in [2.45, 2.75) is 0 Å².